The molecular weight excluding hydrogens is 368 g/mol. The molecule has 6 nitrogen and oxygen atoms in total. The summed E-state index contributed by atoms with van der Waals surface area (Å²) in [6.07, 6.45) is 1.71. The summed E-state index contributed by atoms with van der Waals surface area (Å²) in [5.41, 5.74) is 2.10. The molecule has 0 saturated heterocycles. The zero-order valence-corrected chi connectivity index (χ0v) is 17.0. The number of amides is 1. The van der Waals surface area contributed by atoms with E-state index in [9.17, 15) is 4.79 Å². The fourth-order valence-electron chi connectivity index (χ4n) is 3.16. The van der Waals surface area contributed by atoms with Crippen LogP contribution in [0.3, 0.4) is 0 Å². The minimum atomic E-state index is -0.118. The number of nitrogens with zero attached hydrogens (tertiary/aromatic N) is 1. The summed E-state index contributed by atoms with van der Waals surface area (Å²) in [5, 5.41) is 3.05. The fraction of sp³-hybridized carbons (Fsp3) is 0.348. The second-order valence-corrected chi connectivity index (χ2v) is 7.11. The number of fused-ring (bicyclic) bond motifs is 1. The highest BCUT2D eigenvalue weighted by Gasteiger charge is 2.16. The third-order valence-electron chi connectivity index (χ3n) is 4.60. The molecule has 0 fully saturated rings. The van der Waals surface area contributed by atoms with Gasteiger partial charge in [-0.15, -0.1) is 0 Å². The van der Waals surface area contributed by atoms with E-state index in [1.54, 1.807) is 6.08 Å². The molecule has 1 heterocycles. The van der Waals surface area contributed by atoms with E-state index >= 15 is 0 Å². The van der Waals surface area contributed by atoms with Gasteiger partial charge in [0.15, 0.2) is 11.5 Å². The second kappa shape index (κ2) is 9.98. The summed E-state index contributed by atoms with van der Waals surface area (Å²) >= 11 is 0. The topological polar surface area (TPSA) is 60.0 Å². The smallest absolute Gasteiger partial charge is 0.234 e. The zero-order chi connectivity index (χ0) is 20.6. The minimum Gasteiger partial charge on any atom is -0.490 e. The van der Waals surface area contributed by atoms with E-state index in [-0.39, 0.29) is 11.9 Å². The molecule has 1 aliphatic heterocycles. The quantitative estimate of drug-likeness (QED) is 0.659. The standard InChI is InChI=1S/C23H28N2O4/c1-4-11-27-20-8-5-18(6-9-20)15-25(3)16-23(26)24-17(2)19-7-10-21-22(14-19)29-13-12-28-21/h4-10,14,17H,1,11-13,15-16H2,2-3H3,(H,24,26)/t17-/m0/s1. The highest BCUT2D eigenvalue weighted by Crippen LogP contribution is 2.32. The Morgan fingerprint density at radius 3 is 2.66 bits per heavy atom. The molecule has 1 atom stereocenters. The van der Waals surface area contributed by atoms with Gasteiger partial charge in [0.1, 0.15) is 25.6 Å². The minimum absolute atomic E-state index is 0.0270. The maximum Gasteiger partial charge on any atom is 0.234 e. The summed E-state index contributed by atoms with van der Waals surface area (Å²) in [4.78, 5) is 14.4. The highest BCUT2D eigenvalue weighted by molar-refractivity contribution is 5.78. The van der Waals surface area contributed by atoms with Crippen LogP contribution in [0.4, 0.5) is 0 Å². The Kier molecular flexibility index (Phi) is 7.14. The van der Waals surface area contributed by atoms with E-state index in [0.717, 1.165) is 28.4 Å². The van der Waals surface area contributed by atoms with Crippen molar-refractivity contribution >= 4 is 5.91 Å². The average Bonchev–Trinajstić information content (AvgIpc) is 2.72. The Hall–Kier alpha value is -2.99. The van der Waals surface area contributed by atoms with Gasteiger partial charge in [-0.1, -0.05) is 30.9 Å². The van der Waals surface area contributed by atoms with E-state index < -0.39 is 0 Å². The predicted octanol–water partition coefficient (Wildman–Crippen LogP) is 3.33. The first kappa shape index (κ1) is 20.7. The van der Waals surface area contributed by atoms with Gasteiger partial charge in [0.25, 0.3) is 0 Å². The molecule has 1 amide bonds. The van der Waals surface area contributed by atoms with Crippen molar-refractivity contribution in [2.45, 2.75) is 19.5 Å². The fourth-order valence-corrected chi connectivity index (χ4v) is 3.16. The maximum atomic E-state index is 12.5. The lowest BCUT2D eigenvalue weighted by Crippen LogP contribution is -2.36. The molecule has 0 unspecified atom stereocenters. The number of benzene rings is 2. The van der Waals surface area contributed by atoms with Crippen LogP contribution >= 0.6 is 0 Å². The summed E-state index contributed by atoms with van der Waals surface area (Å²) in [5.74, 6) is 2.26. The van der Waals surface area contributed by atoms with Crippen LogP contribution in [0.15, 0.2) is 55.1 Å². The van der Waals surface area contributed by atoms with Crippen LogP contribution in [-0.4, -0.2) is 44.2 Å². The van der Waals surface area contributed by atoms with E-state index in [2.05, 4.69) is 11.9 Å². The van der Waals surface area contributed by atoms with E-state index in [0.29, 0.717) is 32.9 Å². The lowest BCUT2D eigenvalue weighted by atomic mass is 10.1. The first-order chi connectivity index (χ1) is 14.0. The van der Waals surface area contributed by atoms with Crippen molar-refractivity contribution in [2.24, 2.45) is 0 Å². The number of rotatable bonds is 9. The molecule has 6 heteroatoms. The number of ether oxygens (including phenoxy) is 3. The number of hydrogen-bond donors (Lipinski definition) is 1. The SMILES string of the molecule is C=CCOc1ccc(CN(C)CC(=O)N[C@@H](C)c2ccc3c(c2)OCCO3)cc1. The van der Waals surface area contributed by atoms with Gasteiger partial charge in [-0.05, 0) is 49.4 Å². The number of nitrogens with one attached hydrogen (secondary N) is 1. The third-order valence-corrected chi connectivity index (χ3v) is 4.60. The van der Waals surface area contributed by atoms with Crippen LogP contribution in [0.1, 0.15) is 24.1 Å². The van der Waals surface area contributed by atoms with Crippen molar-refractivity contribution in [1.29, 1.82) is 0 Å². The molecule has 0 saturated carbocycles. The largest absolute Gasteiger partial charge is 0.490 e. The van der Waals surface area contributed by atoms with Crippen LogP contribution in [0.5, 0.6) is 17.2 Å². The first-order valence-corrected chi connectivity index (χ1v) is 9.75. The molecule has 29 heavy (non-hydrogen) atoms. The van der Waals surface area contributed by atoms with Crippen molar-refractivity contribution in [2.75, 3.05) is 33.4 Å². The Labute approximate surface area is 172 Å². The highest BCUT2D eigenvalue weighted by atomic mass is 16.6. The molecule has 0 bridgehead atoms. The summed E-state index contributed by atoms with van der Waals surface area (Å²) in [7, 11) is 1.93. The third kappa shape index (κ3) is 5.99. The summed E-state index contributed by atoms with van der Waals surface area (Å²) in [6, 6.07) is 13.5. The average molecular weight is 396 g/mol. The maximum absolute atomic E-state index is 12.5. The molecule has 154 valence electrons. The van der Waals surface area contributed by atoms with Gasteiger partial charge in [-0.3, -0.25) is 9.69 Å². The van der Waals surface area contributed by atoms with Crippen molar-refractivity contribution in [3.63, 3.8) is 0 Å². The van der Waals surface area contributed by atoms with Crippen molar-refractivity contribution in [1.82, 2.24) is 10.2 Å². The Balaban J connectivity index is 1.48. The number of likely N-dealkylation sites (N-methyl/N-ethyl adjacent to an activating group) is 1. The molecule has 2 aromatic rings. The van der Waals surface area contributed by atoms with Crippen molar-refractivity contribution < 1.29 is 19.0 Å². The lowest BCUT2D eigenvalue weighted by Gasteiger charge is -2.22. The predicted molar refractivity (Wildman–Crippen MR) is 112 cm³/mol. The van der Waals surface area contributed by atoms with Gasteiger partial charge in [0, 0.05) is 6.54 Å². The van der Waals surface area contributed by atoms with Gasteiger partial charge in [0.05, 0.1) is 12.6 Å². The molecule has 2 aromatic carbocycles. The normalized spacial score (nSPS) is 13.6. The molecule has 1 N–H and O–H groups in total. The van der Waals surface area contributed by atoms with E-state index in [1.165, 1.54) is 0 Å². The van der Waals surface area contributed by atoms with E-state index in [4.69, 9.17) is 14.2 Å². The molecule has 0 spiro atoms. The summed E-state index contributed by atoms with van der Waals surface area (Å²) in [6.45, 7) is 8.18. The molecule has 1 aliphatic rings. The van der Waals surface area contributed by atoms with Crippen molar-refractivity contribution in [3.05, 3.63) is 66.2 Å². The van der Waals surface area contributed by atoms with Gasteiger partial charge < -0.3 is 19.5 Å². The van der Waals surface area contributed by atoms with Gasteiger partial charge in [-0.2, -0.15) is 0 Å². The number of carbonyl (C=O) groups is 1. The Morgan fingerprint density at radius 1 is 1.21 bits per heavy atom. The molecule has 0 radical (unpaired) electrons. The van der Waals surface area contributed by atoms with Gasteiger partial charge >= 0.3 is 0 Å². The van der Waals surface area contributed by atoms with Crippen LogP contribution in [0.2, 0.25) is 0 Å². The zero-order valence-electron chi connectivity index (χ0n) is 17.0. The van der Waals surface area contributed by atoms with Gasteiger partial charge in [-0.25, -0.2) is 0 Å². The van der Waals surface area contributed by atoms with Crippen LogP contribution in [0, 0.1) is 0 Å². The Bertz CT molecular complexity index is 835. The Morgan fingerprint density at radius 2 is 1.93 bits per heavy atom. The second-order valence-electron chi connectivity index (χ2n) is 7.11. The molecule has 0 aliphatic carbocycles. The monoisotopic (exact) mass is 396 g/mol. The van der Waals surface area contributed by atoms with Gasteiger partial charge in [0.2, 0.25) is 5.91 Å². The van der Waals surface area contributed by atoms with Crippen LogP contribution in [0.25, 0.3) is 0 Å². The molecular formula is C23H28N2O4. The molecule has 3 rings (SSSR count). The van der Waals surface area contributed by atoms with Crippen molar-refractivity contribution in [3.8, 4) is 17.2 Å². The van der Waals surface area contributed by atoms with E-state index in [1.807, 2.05) is 61.3 Å². The lowest BCUT2D eigenvalue weighted by molar-refractivity contribution is -0.122. The van der Waals surface area contributed by atoms with Crippen LogP contribution < -0.4 is 19.5 Å². The first-order valence-electron chi connectivity index (χ1n) is 9.75. The number of carbonyl (C=O) groups excluding carboxylic acids is 1. The molecule has 0 aromatic heterocycles. The number of hydrogen-bond acceptors (Lipinski definition) is 5. The summed E-state index contributed by atoms with van der Waals surface area (Å²) < 4.78 is 16.7. The van der Waals surface area contributed by atoms with Crippen LogP contribution in [-0.2, 0) is 11.3 Å².